The summed E-state index contributed by atoms with van der Waals surface area (Å²) in [6.07, 6.45) is 9.18. The van der Waals surface area contributed by atoms with Crippen molar-refractivity contribution in [2.24, 2.45) is 0 Å². The van der Waals surface area contributed by atoms with E-state index in [1.165, 1.54) is 6.42 Å². The Morgan fingerprint density at radius 2 is 1.91 bits per heavy atom. The highest BCUT2D eigenvalue weighted by molar-refractivity contribution is 6.31. The molecule has 32 heavy (non-hydrogen) atoms. The third kappa shape index (κ3) is 4.21. The largest absolute Gasteiger partial charge is 0.487 e. The number of halogens is 1. The fourth-order valence-electron chi connectivity index (χ4n) is 5.30. The van der Waals surface area contributed by atoms with Crippen molar-refractivity contribution < 1.29 is 14.3 Å². The summed E-state index contributed by atoms with van der Waals surface area (Å²) in [5.41, 5.74) is 1.40. The number of ether oxygens (including phenoxy) is 2. The van der Waals surface area contributed by atoms with Crippen LogP contribution < -0.4 is 10.1 Å². The van der Waals surface area contributed by atoms with Gasteiger partial charge in [-0.25, -0.2) is 9.97 Å². The SMILES string of the molecule is O=C(NC[C@@H]1Cc2cc(Cl)cc(-c3ncccn3)c2O1)C1(N2CCOCC2)CCCCC1. The van der Waals surface area contributed by atoms with Crippen molar-refractivity contribution in [1.82, 2.24) is 20.2 Å². The first-order valence-corrected chi connectivity index (χ1v) is 11.9. The molecule has 1 amide bonds. The maximum atomic E-state index is 13.5. The zero-order valence-electron chi connectivity index (χ0n) is 18.2. The zero-order chi connectivity index (χ0) is 22.0. The number of fused-ring (bicyclic) bond motifs is 1. The summed E-state index contributed by atoms with van der Waals surface area (Å²) in [6.45, 7) is 3.49. The highest BCUT2D eigenvalue weighted by Crippen LogP contribution is 2.40. The van der Waals surface area contributed by atoms with E-state index in [2.05, 4.69) is 20.2 Å². The lowest BCUT2D eigenvalue weighted by Gasteiger charge is -2.46. The highest BCUT2D eigenvalue weighted by Gasteiger charge is 2.45. The Hall–Kier alpha value is -2.22. The number of carbonyl (C=O) groups is 1. The Kier molecular flexibility index (Phi) is 6.31. The monoisotopic (exact) mass is 456 g/mol. The summed E-state index contributed by atoms with van der Waals surface area (Å²) >= 11 is 6.36. The van der Waals surface area contributed by atoms with E-state index >= 15 is 0 Å². The molecule has 2 aromatic rings. The van der Waals surface area contributed by atoms with Gasteiger partial charge in [0.2, 0.25) is 5.91 Å². The zero-order valence-corrected chi connectivity index (χ0v) is 18.9. The van der Waals surface area contributed by atoms with Crippen LogP contribution in [-0.2, 0) is 16.0 Å². The second-order valence-corrected chi connectivity index (χ2v) is 9.30. The molecule has 0 spiro atoms. The Morgan fingerprint density at radius 3 is 2.66 bits per heavy atom. The van der Waals surface area contributed by atoms with E-state index in [4.69, 9.17) is 21.1 Å². The predicted molar refractivity (Wildman–Crippen MR) is 122 cm³/mol. The van der Waals surface area contributed by atoms with Crippen molar-refractivity contribution in [3.05, 3.63) is 41.2 Å². The van der Waals surface area contributed by atoms with Crippen LogP contribution in [0.2, 0.25) is 5.02 Å². The van der Waals surface area contributed by atoms with Gasteiger partial charge in [0.25, 0.3) is 0 Å². The van der Waals surface area contributed by atoms with Crippen LogP contribution in [0.15, 0.2) is 30.6 Å². The maximum absolute atomic E-state index is 13.5. The molecule has 3 aliphatic rings. The van der Waals surface area contributed by atoms with E-state index in [-0.39, 0.29) is 12.0 Å². The Bertz CT molecular complexity index is 959. The smallest absolute Gasteiger partial charge is 0.240 e. The number of benzene rings is 1. The van der Waals surface area contributed by atoms with Crippen LogP contribution in [0.5, 0.6) is 5.75 Å². The first-order valence-electron chi connectivity index (χ1n) is 11.5. The quantitative estimate of drug-likeness (QED) is 0.744. The number of hydrogen-bond donors (Lipinski definition) is 1. The van der Waals surface area contributed by atoms with Crippen molar-refractivity contribution >= 4 is 17.5 Å². The molecule has 7 nitrogen and oxygen atoms in total. The van der Waals surface area contributed by atoms with Gasteiger partial charge >= 0.3 is 0 Å². The molecule has 8 heteroatoms. The van der Waals surface area contributed by atoms with Gasteiger partial charge in [0.05, 0.1) is 25.3 Å². The molecule has 0 unspecified atom stereocenters. The molecule has 3 heterocycles. The number of nitrogens with zero attached hydrogens (tertiary/aromatic N) is 3. The van der Waals surface area contributed by atoms with Crippen LogP contribution in [0, 0.1) is 0 Å². The number of rotatable bonds is 5. The van der Waals surface area contributed by atoms with Crippen molar-refractivity contribution in [1.29, 1.82) is 0 Å². The standard InChI is InChI=1S/C24H29ClN4O3/c25-18-13-17-14-19(32-21(17)20(15-18)22-26-7-4-8-27-22)16-28-23(30)24(5-2-1-3-6-24)29-9-11-31-12-10-29/h4,7-8,13,15,19H,1-3,5-6,9-12,14,16H2,(H,28,30)/t19-/m0/s1. The summed E-state index contributed by atoms with van der Waals surface area (Å²) in [4.78, 5) is 24.6. The van der Waals surface area contributed by atoms with Gasteiger partial charge in [-0.15, -0.1) is 0 Å². The van der Waals surface area contributed by atoms with Crippen LogP contribution in [0.1, 0.15) is 37.7 Å². The number of morpholine rings is 1. The van der Waals surface area contributed by atoms with Crippen LogP contribution >= 0.6 is 11.6 Å². The first kappa shape index (κ1) is 21.6. The van der Waals surface area contributed by atoms with Crippen LogP contribution in [0.3, 0.4) is 0 Å². The lowest BCUT2D eigenvalue weighted by Crippen LogP contribution is -2.62. The van der Waals surface area contributed by atoms with Gasteiger partial charge in [0, 0.05) is 42.5 Å². The minimum absolute atomic E-state index is 0.128. The number of nitrogens with one attached hydrogen (secondary N) is 1. The van der Waals surface area contributed by atoms with E-state index in [0.29, 0.717) is 37.0 Å². The van der Waals surface area contributed by atoms with Crippen LogP contribution in [0.25, 0.3) is 11.4 Å². The fraction of sp³-hybridized carbons (Fsp3) is 0.542. The summed E-state index contributed by atoms with van der Waals surface area (Å²) in [5, 5.41) is 3.86. The molecular formula is C24H29ClN4O3. The summed E-state index contributed by atoms with van der Waals surface area (Å²) in [6, 6.07) is 5.55. The number of aromatic nitrogens is 2. The normalized spacial score (nSPS) is 22.7. The molecular weight excluding hydrogens is 428 g/mol. The number of carbonyl (C=O) groups excluding carboxylic acids is 1. The van der Waals surface area contributed by atoms with Crippen LogP contribution in [0.4, 0.5) is 0 Å². The average molecular weight is 457 g/mol. The minimum Gasteiger partial charge on any atom is -0.487 e. The third-order valence-corrected chi connectivity index (χ3v) is 7.10. The second-order valence-electron chi connectivity index (χ2n) is 8.86. The molecule has 1 saturated heterocycles. The summed E-state index contributed by atoms with van der Waals surface area (Å²) in [7, 11) is 0. The highest BCUT2D eigenvalue weighted by atomic mass is 35.5. The van der Waals surface area contributed by atoms with E-state index in [1.54, 1.807) is 18.5 Å². The lowest BCUT2D eigenvalue weighted by molar-refractivity contribution is -0.140. The minimum atomic E-state index is -0.417. The van der Waals surface area contributed by atoms with Gasteiger partial charge < -0.3 is 14.8 Å². The molecule has 1 aromatic carbocycles. The molecule has 1 aromatic heterocycles. The van der Waals surface area contributed by atoms with E-state index in [0.717, 1.165) is 55.6 Å². The van der Waals surface area contributed by atoms with Crippen molar-refractivity contribution in [3.8, 4) is 17.1 Å². The third-order valence-electron chi connectivity index (χ3n) is 6.88. The lowest BCUT2D eigenvalue weighted by atomic mass is 9.79. The number of amides is 1. The summed E-state index contributed by atoms with van der Waals surface area (Å²) in [5.74, 6) is 1.48. The van der Waals surface area contributed by atoms with Gasteiger partial charge in [0.1, 0.15) is 17.4 Å². The van der Waals surface area contributed by atoms with Crippen molar-refractivity contribution in [2.75, 3.05) is 32.8 Å². The van der Waals surface area contributed by atoms with E-state index < -0.39 is 5.54 Å². The number of hydrogen-bond acceptors (Lipinski definition) is 6. The second kappa shape index (κ2) is 9.33. The molecule has 1 N–H and O–H groups in total. The van der Waals surface area contributed by atoms with Crippen LogP contribution in [-0.4, -0.2) is 65.3 Å². The van der Waals surface area contributed by atoms with Gasteiger partial charge in [-0.1, -0.05) is 30.9 Å². The van der Waals surface area contributed by atoms with Gasteiger partial charge in [-0.2, -0.15) is 0 Å². The van der Waals surface area contributed by atoms with Gasteiger partial charge in [-0.05, 0) is 31.0 Å². The molecule has 5 rings (SSSR count). The van der Waals surface area contributed by atoms with Crippen molar-refractivity contribution in [3.63, 3.8) is 0 Å². The molecule has 0 bridgehead atoms. The van der Waals surface area contributed by atoms with E-state index in [1.807, 2.05) is 12.1 Å². The Labute approximate surface area is 193 Å². The average Bonchev–Trinajstić information content (AvgIpc) is 3.26. The Morgan fingerprint density at radius 1 is 1.16 bits per heavy atom. The van der Waals surface area contributed by atoms with Crippen molar-refractivity contribution in [2.45, 2.75) is 50.2 Å². The predicted octanol–water partition coefficient (Wildman–Crippen LogP) is 3.25. The topological polar surface area (TPSA) is 76.6 Å². The Balaban J connectivity index is 1.29. The molecule has 170 valence electrons. The maximum Gasteiger partial charge on any atom is 0.240 e. The fourth-order valence-corrected chi connectivity index (χ4v) is 5.54. The molecule has 2 aliphatic heterocycles. The molecule has 1 aliphatic carbocycles. The van der Waals surface area contributed by atoms with Gasteiger partial charge in [0.15, 0.2) is 5.82 Å². The van der Waals surface area contributed by atoms with E-state index in [9.17, 15) is 4.79 Å². The first-order chi connectivity index (χ1) is 15.7. The molecule has 1 saturated carbocycles. The molecule has 2 fully saturated rings. The van der Waals surface area contributed by atoms with Gasteiger partial charge in [-0.3, -0.25) is 9.69 Å². The molecule has 1 atom stereocenters. The molecule has 0 radical (unpaired) electrons. The summed E-state index contributed by atoms with van der Waals surface area (Å²) < 4.78 is 11.8.